The van der Waals surface area contributed by atoms with Crippen molar-refractivity contribution in [2.45, 2.75) is 22.6 Å². The Balaban J connectivity index is 0.00000225. The van der Waals surface area contributed by atoms with Crippen molar-refractivity contribution >= 4 is 30.1 Å². The largest absolute Gasteiger partial charge is 0.336 e. The number of carbonyl (C=O) groups is 1. The summed E-state index contributed by atoms with van der Waals surface area (Å²) in [6.45, 7) is 1.06. The number of likely N-dealkylation sites (tertiary alicyclic amines) is 1. The van der Waals surface area contributed by atoms with E-state index in [1.54, 1.807) is 29.2 Å². The van der Waals surface area contributed by atoms with Gasteiger partial charge in [0.1, 0.15) is 0 Å². The van der Waals surface area contributed by atoms with Crippen molar-refractivity contribution in [2.75, 3.05) is 13.1 Å². The van der Waals surface area contributed by atoms with Crippen LogP contribution in [-0.2, 0) is 0 Å². The molecule has 0 aliphatic carbocycles. The van der Waals surface area contributed by atoms with E-state index in [4.69, 9.17) is 5.73 Å². The van der Waals surface area contributed by atoms with E-state index in [1.165, 1.54) is 0 Å². The molecule has 2 aromatic carbocycles. The second-order valence-electron chi connectivity index (χ2n) is 5.79. The Kier molecular flexibility index (Phi) is 6.81. The Labute approximate surface area is 156 Å². The van der Waals surface area contributed by atoms with Crippen LogP contribution in [0, 0.1) is 0 Å². The van der Waals surface area contributed by atoms with Crippen LogP contribution in [0.4, 0.5) is 8.78 Å². The molecule has 2 aromatic rings. The predicted molar refractivity (Wildman–Crippen MR) is 98.6 cm³/mol. The van der Waals surface area contributed by atoms with Gasteiger partial charge in [0.05, 0.1) is 0 Å². The van der Waals surface area contributed by atoms with Crippen LogP contribution in [0.1, 0.15) is 21.8 Å². The zero-order chi connectivity index (χ0) is 17.1. The molecular formula is C18H19ClF2N2OS. The Morgan fingerprint density at radius 2 is 1.72 bits per heavy atom. The number of nitrogens with two attached hydrogens (primary N) is 1. The van der Waals surface area contributed by atoms with Crippen molar-refractivity contribution in [2.24, 2.45) is 5.73 Å². The fourth-order valence-electron chi connectivity index (χ4n) is 3.01. The first-order valence-corrected chi connectivity index (χ1v) is 8.57. The summed E-state index contributed by atoms with van der Waals surface area (Å²) in [6.07, 6.45) is 0. The van der Waals surface area contributed by atoms with Crippen molar-refractivity contribution in [3.05, 3.63) is 65.7 Å². The van der Waals surface area contributed by atoms with Gasteiger partial charge in [0.25, 0.3) is 11.7 Å². The SMILES string of the molecule is Cl.N[C@@H]1CN(C(=O)c2ccc(SC(F)F)cc2)C[C@H]1c1ccccc1. The lowest BCUT2D eigenvalue weighted by atomic mass is 9.95. The van der Waals surface area contributed by atoms with Gasteiger partial charge in [-0.2, -0.15) is 8.78 Å². The van der Waals surface area contributed by atoms with Gasteiger partial charge < -0.3 is 10.6 Å². The summed E-state index contributed by atoms with van der Waals surface area (Å²) in [5, 5.41) is 0. The minimum Gasteiger partial charge on any atom is -0.336 e. The number of thioether (sulfide) groups is 1. The van der Waals surface area contributed by atoms with E-state index in [9.17, 15) is 13.6 Å². The van der Waals surface area contributed by atoms with Gasteiger partial charge in [-0.05, 0) is 29.8 Å². The third-order valence-electron chi connectivity index (χ3n) is 4.21. The summed E-state index contributed by atoms with van der Waals surface area (Å²) >= 11 is 0.471. The average Bonchev–Trinajstić information content (AvgIpc) is 2.97. The highest BCUT2D eigenvalue weighted by Crippen LogP contribution is 2.29. The molecule has 0 aromatic heterocycles. The van der Waals surface area contributed by atoms with Crippen molar-refractivity contribution < 1.29 is 13.6 Å². The smallest absolute Gasteiger partial charge is 0.288 e. The zero-order valence-corrected chi connectivity index (χ0v) is 15.0. The van der Waals surface area contributed by atoms with E-state index in [0.717, 1.165) is 5.56 Å². The van der Waals surface area contributed by atoms with Crippen molar-refractivity contribution in [1.82, 2.24) is 4.90 Å². The Morgan fingerprint density at radius 3 is 2.32 bits per heavy atom. The lowest BCUT2D eigenvalue weighted by Gasteiger charge is -2.16. The Hall–Kier alpha value is -1.63. The molecule has 25 heavy (non-hydrogen) atoms. The minimum atomic E-state index is -2.46. The molecule has 134 valence electrons. The van der Waals surface area contributed by atoms with Gasteiger partial charge in [0.2, 0.25) is 0 Å². The molecule has 0 spiro atoms. The standard InChI is InChI=1S/C18H18F2N2OS.ClH/c19-18(20)24-14-8-6-13(7-9-14)17(23)22-10-15(16(21)11-22)12-4-2-1-3-5-12;/h1-9,15-16,18H,10-11,21H2;1H/t15-,16+;/m0./s1. The van der Waals surface area contributed by atoms with E-state index < -0.39 is 5.76 Å². The number of rotatable bonds is 4. The average molecular weight is 385 g/mol. The van der Waals surface area contributed by atoms with Crippen LogP contribution in [0.25, 0.3) is 0 Å². The van der Waals surface area contributed by atoms with E-state index >= 15 is 0 Å². The summed E-state index contributed by atoms with van der Waals surface area (Å²) in [5.74, 6) is -2.46. The number of amides is 1. The lowest BCUT2D eigenvalue weighted by Crippen LogP contribution is -2.32. The van der Waals surface area contributed by atoms with Crippen LogP contribution in [0.3, 0.4) is 0 Å². The maximum Gasteiger partial charge on any atom is 0.288 e. The van der Waals surface area contributed by atoms with Gasteiger partial charge >= 0.3 is 0 Å². The summed E-state index contributed by atoms with van der Waals surface area (Å²) < 4.78 is 24.7. The van der Waals surface area contributed by atoms with Gasteiger partial charge in [0.15, 0.2) is 0 Å². The van der Waals surface area contributed by atoms with Crippen LogP contribution in [0.2, 0.25) is 0 Å². The summed E-state index contributed by atoms with van der Waals surface area (Å²) in [5.41, 5.74) is 7.84. The van der Waals surface area contributed by atoms with Gasteiger partial charge in [0, 0.05) is 35.5 Å². The van der Waals surface area contributed by atoms with Crippen LogP contribution in [0.5, 0.6) is 0 Å². The quantitative estimate of drug-likeness (QED) is 0.811. The number of halogens is 3. The first-order valence-electron chi connectivity index (χ1n) is 7.69. The monoisotopic (exact) mass is 384 g/mol. The van der Waals surface area contributed by atoms with Crippen LogP contribution in [-0.4, -0.2) is 35.7 Å². The molecule has 2 atom stereocenters. The number of hydrogen-bond donors (Lipinski definition) is 1. The van der Waals surface area contributed by atoms with Crippen molar-refractivity contribution in [3.8, 4) is 0 Å². The molecule has 0 radical (unpaired) electrons. The molecule has 7 heteroatoms. The zero-order valence-electron chi connectivity index (χ0n) is 13.3. The third-order valence-corrected chi connectivity index (χ3v) is 4.93. The highest BCUT2D eigenvalue weighted by molar-refractivity contribution is 7.99. The number of carbonyl (C=O) groups excluding carboxylic acids is 1. The number of nitrogens with zero attached hydrogens (tertiary/aromatic N) is 1. The van der Waals surface area contributed by atoms with Gasteiger partial charge in [-0.15, -0.1) is 12.4 Å². The molecule has 1 aliphatic heterocycles. The van der Waals surface area contributed by atoms with Crippen LogP contribution < -0.4 is 5.73 Å². The second kappa shape index (κ2) is 8.65. The molecule has 1 heterocycles. The van der Waals surface area contributed by atoms with Crippen molar-refractivity contribution in [3.63, 3.8) is 0 Å². The normalized spacial score (nSPS) is 19.8. The summed E-state index contributed by atoms with van der Waals surface area (Å²) in [7, 11) is 0. The van der Waals surface area contributed by atoms with E-state index in [0.29, 0.717) is 35.3 Å². The lowest BCUT2D eigenvalue weighted by molar-refractivity contribution is 0.0789. The fourth-order valence-corrected chi connectivity index (χ4v) is 3.51. The molecule has 2 N–H and O–H groups in total. The summed E-state index contributed by atoms with van der Waals surface area (Å²) in [6, 6.07) is 16.1. The maximum atomic E-state index is 12.6. The first-order chi connectivity index (χ1) is 11.5. The van der Waals surface area contributed by atoms with Crippen molar-refractivity contribution in [1.29, 1.82) is 0 Å². The molecule has 3 nitrogen and oxygen atoms in total. The molecular weight excluding hydrogens is 366 g/mol. The maximum absolute atomic E-state index is 12.6. The summed E-state index contributed by atoms with van der Waals surface area (Å²) in [4.78, 5) is 14.8. The van der Waals surface area contributed by atoms with Crippen LogP contribution >= 0.6 is 24.2 Å². The number of benzene rings is 2. The Bertz CT molecular complexity index is 700. The molecule has 0 unspecified atom stereocenters. The topological polar surface area (TPSA) is 46.3 Å². The van der Waals surface area contributed by atoms with E-state index in [2.05, 4.69) is 0 Å². The predicted octanol–water partition coefficient (Wildman–Crippen LogP) is 3.99. The molecule has 0 bridgehead atoms. The van der Waals surface area contributed by atoms with E-state index in [1.807, 2.05) is 30.3 Å². The molecule has 1 fully saturated rings. The minimum absolute atomic E-state index is 0. The number of hydrogen-bond acceptors (Lipinski definition) is 3. The molecule has 0 saturated carbocycles. The van der Waals surface area contributed by atoms with E-state index in [-0.39, 0.29) is 30.3 Å². The molecule has 1 saturated heterocycles. The third kappa shape index (κ3) is 4.71. The van der Waals surface area contributed by atoms with Gasteiger partial charge in [-0.1, -0.05) is 42.1 Å². The number of alkyl halides is 2. The first kappa shape index (κ1) is 19.7. The fraction of sp³-hybridized carbons (Fsp3) is 0.278. The van der Waals surface area contributed by atoms with Crippen LogP contribution in [0.15, 0.2) is 59.5 Å². The van der Waals surface area contributed by atoms with Gasteiger partial charge in [-0.3, -0.25) is 4.79 Å². The molecule has 1 aliphatic rings. The molecule has 1 amide bonds. The van der Waals surface area contributed by atoms with Gasteiger partial charge in [-0.25, -0.2) is 0 Å². The Morgan fingerprint density at radius 1 is 1.08 bits per heavy atom. The highest BCUT2D eigenvalue weighted by atomic mass is 35.5. The molecule has 3 rings (SSSR count). The second-order valence-corrected chi connectivity index (χ2v) is 6.86. The highest BCUT2D eigenvalue weighted by Gasteiger charge is 2.34.